The molecular formula is C41H35N. The van der Waals surface area contributed by atoms with E-state index < -0.39 is 0 Å². The molecule has 7 rings (SSSR count). The fraction of sp³-hybridized carbons (Fsp3) is 0.122. The molecule has 1 aliphatic heterocycles. The maximum atomic E-state index is 2.55. The van der Waals surface area contributed by atoms with Gasteiger partial charge in [-0.05, 0) is 87.7 Å². The molecule has 42 heavy (non-hydrogen) atoms. The summed E-state index contributed by atoms with van der Waals surface area (Å²) in [5, 5.41) is 0. The summed E-state index contributed by atoms with van der Waals surface area (Å²) >= 11 is 0. The molecule has 0 atom stereocenters. The van der Waals surface area contributed by atoms with Gasteiger partial charge in [0.25, 0.3) is 0 Å². The molecule has 6 aromatic carbocycles. The highest BCUT2D eigenvalue weighted by molar-refractivity contribution is 5.91. The van der Waals surface area contributed by atoms with Crippen molar-refractivity contribution in [1.82, 2.24) is 0 Å². The summed E-state index contributed by atoms with van der Waals surface area (Å²) < 4.78 is 0. The van der Waals surface area contributed by atoms with Gasteiger partial charge in [-0.2, -0.15) is 0 Å². The quantitative estimate of drug-likeness (QED) is 0.210. The molecule has 1 nitrogen and oxygen atoms in total. The van der Waals surface area contributed by atoms with Gasteiger partial charge in [-0.1, -0.05) is 135 Å². The van der Waals surface area contributed by atoms with Gasteiger partial charge in [-0.15, -0.1) is 0 Å². The van der Waals surface area contributed by atoms with Gasteiger partial charge in [0.15, 0.2) is 0 Å². The molecule has 0 bridgehead atoms. The number of anilines is 3. The fourth-order valence-corrected chi connectivity index (χ4v) is 6.56. The Bertz CT molecular complexity index is 1870. The molecule has 1 aliphatic rings. The predicted molar refractivity (Wildman–Crippen MR) is 178 cm³/mol. The van der Waals surface area contributed by atoms with Crippen LogP contribution in [0.25, 0.3) is 22.3 Å². The summed E-state index contributed by atoms with van der Waals surface area (Å²) in [5.41, 5.74) is 15.2. The van der Waals surface area contributed by atoms with Crippen molar-refractivity contribution < 1.29 is 0 Å². The molecule has 0 saturated heterocycles. The lowest BCUT2D eigenvalue weighted by atomic mass is 9.71. The van der Waals surface area contributed by atoms with Crippen molar-refractivity contribution in [3.05, 3.63) is 173 Å². The molecule has 204 valence electrons. The van der Waals surface area contributed by atoms with Crippen LogP contribution in [-0.2, 0) is 11.8 Å². The van der Waals surface area contributed by atoms with Gasteiger partial charge in [-0.25, -0.2) is 0 Å². The number of hydrogen-bond donors (Lipinski definition) is 0. The Kier molecular flexibility index (Phi) is 6.52. The number of benzene rings is 6. The van der Waals surface area contributed by atoms with E-state index >= 15 is 0 Å². The van der Waals surface area contributed by atoms with E-state index in [1.807, 2.05) is 0 Å². The van der Waals surface area contributed by atoms with Crippen LogP contribution in [0.1, 0.15) is 41.7 Å². The van der Waals surface area contributed by atoms with Crippen LogP contribution in [0.15, 0.2) is 146 Å². The molecule has 0 saturated carbocycles. The lowest BCUT2D eigenvalue weighted by molar-refractivity contribution is 0.630. The molecule has 1 heterocycles. The minimum atomic E-state index is -0.177. The van der Waals surface area contributed by atoms with Crippen LogP contribution in [0.3, 0.4) is 0 Å². The first-order chi connectivity index (χ1) is 20.5. The van der Waals surface area contributed by atoms with Crippen LogP contribution in [0.4, 0.5) is 17.1 Å². The van der Waals surface area contributed by atoms with Crippen LogP contribution < -0.4 is 4.90 Å². The monoisotopic (exact) mass is 541 g/mol. The predicted octanol–water partition coefficient (Wildman–Crippen LogP) is 11.0. The van der Waals surface area contributed by atoms with Crippen LogP contribution in [0.2, 0.25) is 0 Å². The van der Waals surface area contributed by atoms with Crippen molar-refractivity contribution >= 4 is 17.1 Å². The first-order valence-electron chi connectivity index (χ1n) is 14.8. The van der Waals surface area contributed by atoms with Gasteiger partial charge in [-0.3, -0.25) is 0 Å². The largest absolute Gasteiger partial charge is 0.309 e. The second kappa shape index (κ2) is 10.5. The summed E-state index contributed by atoms with van der Waals surface area (Å²) in [4.78, 5) is 2.55. The third-order valence-electron chi connectivity index (χ3n) is 8.81. The van der Waals surface area contributed by atoms with Crippen molar-refractivity contribution in [1.29, 1.82) is 0 Å². The van der Waals surface area contributed by atoms with E-state index in [1.165, 1.54) is 67.1 Å². The Morgan fingerprint density at radius 2 is 1.10 bits per heavy atom. The highest BCUT2D eigenvalue weighted by Gasteiger charge is 2.39. The second-order valence-corrected chi connectivity index (χ2v) is 11.9. The van der Waals surface area contributed by atoms with Gasteiger partial charge in [0, 0.05) is 11.1 Å². The first kappa shape index (κ1) is 26.0. The molecular weight excluding hydrogens is 506 g/mol. The van der Waals surface area contributed by atoms with Gasteiger partial charge < -0.3 is 4.90 Å². The van der Waals surface area contributed by atoms with Crippen LogP contribution in [0, 0.1) is 6.92 Å². The second-order valence-electron chi connectivity index (χ2n) is 11.9. The Morgan fingerprint density at radius 1 is 0.500 bits per heavy atom. The van der Waals surface area contributed by atoms with Crippen LogP contribution in [-0.4, -0.2) is 0 Å². The molecule has 0 fully saturated rings. The maximum Gasteiger partial charge on any atom is 0.0538 e. The Hall–Kier alpha value is -4.88. The van der Waals surface area contributed by atoms with Crippen LogP contribution in [0.5, 0.6) is 0 Å². The maximum absolute atomic E-state index is 2.55. The van der Waals surface area contributed by atoms with Gasteiger partial charge in [0.2, 0.25) is 0 Å². The summed E-state index contributed by atoms with van der Waals surface area (Å²) in [6, 6.07) is 53.1. The zero-order valence-corrected chi connectivity index (χ0v) is 24.5. The zero-order chi connectivity index (χ0) is 28.7. The third-order valence-corrected chi connectivity index (χ3v) is 8.81. The fourth-order valence-electron chi connectivity index (χ4n) is 6.56. The Labute approximate surface area is 249 Å². The minimum absolute atomic E-state index is 0.177. The summed E-state index contributed by atoms with van der Waals surface area (Å²) in [6.45, 7) is 7.01. The number of fused-ring (bicyclic) bond motifs is 2. The summed E-state index contributed by atoms with van der Waals surface area (Å²) in [6.07, 6.45) is 0.857. The molecule has 1 heteroatoms. The third kappa shape index (κ3) is 4.52. The van der Waals surface area contributed by atoms with Gasteiger partial charge in [0.05, 0.1) is 11.4 Å². The number of nitrogens with zero attached hydrogens (tertiary/aromatic N) is 1. The summed E-state index contributed by atoms with van der Waals surface area (Å²) in [5.74, 6) is 0. The molecule has 0 aliphatic carbocycles. The number of rotatable bonds is 5. The highest BCUT2D eigenvalue weighted by Crippen LogP contribution is 2.55. The molecule has 0 amide bonds. The normalized spacial score (nSPS) is 13.4. The standard InChI is InChI=1S/C41H35N/c1-29-23-24-33(31-17-9-5-10-18-31)28-39(29)42-38-22-14-13-21-36(38)41(2,3)37-27-34(32-19-11-6-12-20-32)26-35(40(37)42)25-30-15-7-4-8-16-30/h4-24,26-28H,25H2,1-3H3. The molecule has 0 aromatic heterocycles. The van der Waals surface area contributed by atoms with Crippen molar-refractivity contribution in [2.24, 2.45) is 0 Å². The SMILES string of the molecule is Cc1ccc(-c2ccccc2)cc1N1c2ccccc2C(C)(C)c2cc(-c3ccccc3)cc(Cc3ccccc3)c21. The number of aryl methyl sites for hydroxylation is 1. The lowest BCUT2D eigenvalue weighted by Gasteiger charge is -2.44. The number of para-hydroxylation sites is 1. The summed E-state index contributed by atoms with van der Waals surface area (Å²) in [7, 11) is 0. The molecule has 0 N–H and O–H groups in total. The van der Waals surface area contributed by atoms with E-state index in [0.717, 1.165) is 6.42 Å². The Balaban J connectivity index is 1.53. The van der Waals surface area contributed by atoms with Crippen LogP contribution >= 0.6 is 0 Å². The number of hydrogen-bond acceptors (Lipinski definition) is 1. The van der Waals surface area contributed by atoms with E-state index in [0.29, 0.717) is 0 Å². The van der Waals surface area contributed by atoms with Crippen molar-refractivity contribution in [3.8, 4) is 22.3 Å². The van der Waals surface area contributed by atoms with E-state index in [1.54, 1.807) is 0 Å². The van der Waals surface area contributed by atoms with E-state index in [-0.39, 0.29) is 5.41 Å². The molecule has 0 radical (unpaired) electrons. The average molecular weight is 542 g/mol. The van der Waals surface area contributed by atoms with Crippen molar-refractivity contribution in [2.45, 2.75) is 32.6 Å². The lowest BCUT2D eigenvalue weighted by Crippen LogP contribution is -2.32. The van der Waals surface area contributed by atoms with E-state index in [4.69, 9.17) is 0 Å². The van der Waals surface area contributed by atoms with Gasteiger partial charge in [0.1, 0.15) is 0 Å². The molecule has 6 aromatic rings. The smallest absolute Gasteiger partial charge is 0.0538 e. The molecule has 0 spiro atoms. The highest BCUT2D eigenvalue weighted by atomic mass is 15.2. The molecule has 0 unspecified atom stereocenters. The average Bonchev–Trinajstić information content (AvgIpc) is 3.03. The van der Waals surface area contributed by atoms with Crippen molar-refractivity contribution in [2.75, 3.05) is 4.90 Å². The van der Waals surface area contributed by atoms with E-state index in [2.05, 4.69) is 171 Å². The minimum Gasteiger partial charge on any atom is -0.309 e. The van der Waals surface area contributed by atoms with Gasteiger partial charge >= 0.3 is 0 Å². The zero-order valence-electron chi connectivity index (χ0n) is 24.5. The van der Waals surface area contributed by atoms with Crippen molar-refractivity contribution in [3.63, 3.8) is 0 Å². The topological polar surface area (TPSA) is 3.24 Å². The first-order valence-corrected chi connectivity index (χ1v) is 14.8. The van der Waals surface area contributed by atoms with E-state index in [9.17, 15) is 0 Å². The Morgan fingerprint density at radius 3 is 1.79 bits per heavy atom.